The van der Waals surface area contributed by atoms with Crippen LogP contribution in [0, 0.1) is 12.7 Å². The number of carbonyl (C=O) groups excluding carboxylic acids is 2. The van der Waals surface area contributed by atoms with E-state index in [0.29, 0.717) is 23.6 Å². The van der Waals surface area contributed by atoms with Crippen molar-refractivity contribution in [1.82, 2.24) is 10.2 Å². The topological polar surface area (TPSA) is 86.8 Å². The molecule has 3 rings (SSSR count). The Hall–Kier alpha value is -3.43. The normalized spacial score (nSPS) is 12.0. The van der Waals surface area contributed by atoms with Crippen molar-refractivity contribution in [3.8, 4) is 0 Å². The van der Waals surface area contributed by atoms with Gasteiger partial charge in [0.25, 0.3) is 10.0 Å². The molecular weight excluding hydrogens is 529 g/mol. The molecule has 1 N–H and O–H groups in total. The summed E-state index contributed by atoms with van der Waals surface area (Å²) < 4.78 is 43.1. The Morgan fingerprint density at radius 1 is 1.00 bits per heavy atom. The molecule has 0 aliphatic carbocycles. The molecule has 202 valence electrons. The van der Waals surface area contributed by atoms with Gasteiger partial charge in [-0.1, -0.05) is 66.6 Å². The SMILES string of the molecule is CCCNC(=O)C(C)N(Cc1ccccc1Cl)C(=O)CN(c1ccccc1F)S(=O)(=O)c1ccc(C)cc1. The van der Waals surface area contributed by atoms with Crippen LogP contribution in [0.15, 0.2) is 77.7 Å². The van der Waals surface area contributed by atoms with Gasteiger partial charge in [0.1, 0.15) is 18.4 Å². The van der Waals surface area contributed by atoms with Gasteiger partial charge in [-0.05, 0) is 56.2 Å². The lowest BCUT2D eigenvalue weighted by Gasteiger charge is -2.32. The van der Waals surface area contributed by atoms with E-state index in [2.05, 4.69) is 5.32 Å². The molecule has 0 fully saturated rings. The first-order valence-electron chi connectivity index (χ1n) is 12.2. The number of hydrogen-bond acceptors (Lipinski definition) is 4. The molecule has 0 aliphatic rings. The van der Waals surface area contributed by atoms with Gasteiger partial charge in [-0.2, -0.15) is 0 Å². The highest BCUT2D eigenvalue weighted by Crippen LogP contribution is 2.27. The molecule has 10 heteroatoms. The minimum atomic E-state index is -4.34. The molecule has 2 amide bonds. The fourth-order valence-corrected chi connectivity index (χ4v) is 5.41. The quantitative estimate of drug-likeness (QED) is 0.361. The summed E-state index contributed by atoms with van der Waals surface area (Å²) >= 11 is 6.33. The van der Waals surface area contributed by atoms with Crippen LogP contribution in [0.4, 0.5) is 10.1 Å². The fraction of sp³-hybridized carbons (Fsp3) is 0.286. The average molecular weight is 560 g/mol. The summed E-state index contributed by atoms with van der Waals surface area (Å²) in [5.74, 6) is -1.89. The lowest BCUT2D eigenvalue weighted by atomic mass is 10.1. The molecule has 0 saturated heterocycles. The molecular formula is C28H31ClFN3O4S. The largest absolute Gasteiger partial charge is 0.354 e. The molecule has 3 aromatic rings. The van der Waals surface area contributed by atoms with Gasteiger partial charge in [0, 0.05) is 18.1 Å². The van der Waals surface area contributed by atoms with E-state index >= 15 is 0 Å². The highest BCUT2D eigenvalue weighted by Gasteiger charge is 2.33. The first-order chi connectivity index (χ1) is 18.1. The Bertz CT molecular complexity index is 1380. The van der Waals surface area contributed by atoms with Gasteiger partial charge in [0.2, 0.25) is 11.8 Å². The van der Waals surface area contributed by atoms with Crippen molar-refractivity contribution in [2.45, 2.75) is 44.7 Å². The van der Waals surface area contributed by atoms with Crippen LogP contribution >= 0.6 is 11.6 Å². The minimum absolute atomic E-state index is 0.0467. The fourth-order valence-electron chi connectivity index (χ4n) is 3.79. The van der Waals surface area contributed by atoms with Crippen LogP contribution in [0.25, 0.3) is 0 Å². The van der Waals surface area contributed by atoms with Crippen molar-refractivity contribution in [1.29, 1.82) is 0 Å². The van der Waals surface area contributed by atoms with E-state index in [9.17, 15) is 22.4 Å². The second kappa shape index (κ2) is 12.9. The zero-order chi connectivity index (χ0) is 27.9. The first-order valence-corrected chi connectivity index (χ1v) is 14.0. The van der Waals surface area contributed by atoms with E-state index < -0.39 is 40.2 Å². The van der Waals surface area contributed by atoms with Gasteiger partial charge in [-0.15, -0.1) is 0 Å². The van der Waals surface area contributed by atoms with Crippen molar-refractivity contribution in [2.24, 2.45) is 0 Å². The molecule has 0 spiro atoms. The maximum Gasteiger partial charge on any atom is 0.264 e. The van der Waals surface area contributed by atoms with Crippen LogP contribution < -0.4 is 9.62 Å². The van der Waals surface area contributed by atoms with Crippen molar-refractivity contribution in [3.05, 3.63) is 94.8 Å². The minimum Gasteiger partial charge on any atom is -0.354 e. The third-order valence-electron chi connectivity index (χ3n) is 6.02. The highest BCUT2D eigenvalue weighted by atomic mass is 35.5. The van der Waals surface area contributed by atoms with Gasteiger partial charge in [-0.25, -0.2) is 12.8 Å². The maximum atomic E-state index is 14.9. The number of rotatable bonds is 11. The van der Waals surface area contributed by atoms with E-state index in [1.165, 1.54) is 35.2 Å². The van der Waals surface area contributed by atoms with Crippen molar-refractivity contribution in [3.63, 3.8) is 0 Å². The van der Waals surface area contributed by atoms with Crippen LogP contribution in [0.3, 0.4) is 0 Å². The number of aryl methyl sites for hydroxylation is 1. The lowest BCUT2D eigenvalue weighted by molar-refractivity contribution is -0.139. The van der Waals surface area contributed by atoms with E-state index in [4.69, 9.17) is 11.6 Å². The van der Waals surface area contributed by atoms with E-state index in [1.54, 1.807) is 43.3 Å². The zero-order valence-corrected chi connectivity index (χ0v) is 23.1. The third kappa shape index (κ3) is 6.90. The Morgan fingerprint density at radius 3 is 2.26 bits per heavy atom. The number of halogens is 2. The molecule has 1 atom stereocenters. The van der Waals surface area contributed by atoms with Crippen LogP contribution in [0.5, 0.6) is 0 Å². The summed E-state index contributed by atoms with van der Waals surface area (Å²) in [6, 6.07) is 17.3. The summed E-state index contributed by atoms with van der Waals surface area (Å²) in [4.78, 5) is 27.8. The zero-order valence-electron chi connectivity index (χ0n) is 21.5. The Balaban J connectivity index is 2.04. The molecule has 7 nitrogen and oxygen atoms in total. The number of nitrogens with one attached hydrogen (secondary N) is 1. The number of amides is 2. The Labute approximate surface area is 228 Å². The molecule has 1 unspecified atom stereocenters. The number of para-hydroxylation sites is 1. The van der Waals surface area contributed by atoms with Crippen LogP contribution in [0.1, 0.15) is 31.4 Å². The van der Waals surface area contributed by atoms with E-state index in [1.807, 2.05) is 13.8 Å². The second-order valence-corrected chi connectivity index (χ2v) is 11.1. The number of nitrogens with zero attached hydrogens (tertiary/aromatic N) is 2. The summed E-state index contributed by atoms with van der Waals surface area (Å²) in [5, 5.41) is 3.16. The summed E-state index contributed by atoms with van der Waals surface area (Å²) in [6.45, 7) is 4.91. The van der Waals surface area contributed by atoms with Crippen molar-refractivity contribution >= 4 is 39.1 Å². The van der Waals surface area contributed by atoms with Gasteiger partial charge < -0.3 is 10.2 Å². The predicted molar refractivity (Wildman–Crippen MR) is 147 cm³/mol. The van der Waals surface area contributed by atoms with Crippen LogP contribution in [-0.4, -0.2) is 44.3 Å². The van der Waals surface area contributed by atoms with Crippen LogP contribution in [-0.2, 0) is 26.2 Å². The second-order valence-electron chi connectivity index (χ2n) is 8.86. The molecule has 0 aromatic heterocycles. The Kier molecular flexibility index (Phi) is 9.88. The van der Waals surface area contributed by atoms with Gasteiger partial charge >= 0.3 is 0 Å². The molecule has 0 aliphatic heterocycles. The Morgan fingerprint density at radius 2 is 1.63 bits per heavy atom. The van der Waals surface area contributed by atoms with E-state index in [0.717, 1.165) is 15.9 Å². The number of anilines is 1. The predicted octanol–water partition coefficient (Wildman–Crippen LogP) is 4.93. The first kappa shape index (κ1) is 29.1. The van der Waals surface area contributed by atoms with Gasteiger partial charge in [0.15, 0.2) is 0 Å². The molecule has 3 aromatic carbocycles. The monoisotopic (exact) mass is 559 g/mol. The van der Waals surface area contributed by atoms with Crippen molar-refractivity contribution in [2.75, 3.05) is 17.4 Å². The van der Waals surface area contributed by atoms with Gasteiger partial charge in [0.05, 0.1) is 10.6 Å². The summed E-state index contributed by atoms with van der Waals surface area (Å²) in [6.07, 6.45) is 0.701. The molecule has 0 heterocycles. The van der Waals surface area contributed by atoms with Crippen LogP contribution in [0.2, 0.25) is 5.02 Å². The lowest BCUT2D eigenvalue weighted by Crippen LogP contribution is -2.51. The third-order valence-corrected chi connectivity index (χ3v) is 8.17. The number of sulfonamides is 1. The molecule has 0 bridgehead atoms. The molecule has 0 saturated carbocycles. The maximum absolute atomic E-state index is 14.9. The standard InChI is InChI=1S/C28H31ClFN3O4S/c1-4-17-31-28(35)21(3)32(18-22-9-5-6-10-24(22)29)27(34)19-33(26-12-8-7-11-25(26)30)38(36,37)23-15-13-20(2)14-16-23/h5-16,21H,4,17-19H2,1-3H3,(H,31,35). The summed E-state index contributed by atoms with van der Waals surface area (Å²) in [5.41, 5.74) is 1.15. The number of carbonyl (C=O) groups is 2. The highest BCUT2D eigenvalue weighted by molar-refractivity contribution is 7.92. The molecule has 38 heavy (non-hydrogen) atoms. The molecule has 0 radical (unpaired) electrons. The smallest absolute Gasteiger partial charge is 0.264 e. The van der Waals surface area contributed by atoms with Crippen molar-refractivity contribution < 1.29 is 22.4 Å². The van der Waals surface area contributed by atoms with E-state index in [-0.39, 0.29) is 17.1 Å². The number of benzene rings is 3. The summed E-state index contributed by atoms with van der Waals surface area (Å²) in [7, 11) is -4.34. The average Bonchev–Trinajstić information content (AvgIpc) is 2.90. The van der Waals surface area contributed by atoms with Gasteiger partial charge in [-0.3, -0.25) is 13.9 Å². The number of hydrogen-bond donors (Lipinski definition) is 1.